The second-order valence-electron chi connectivity index (χ2n) is 4.02. The Morgan fingerprint density at radius 1 is 1.36 bits per heavy atom. The fraction of sp³-hybridized carbons (Fsp3) is 0.909. The lowest BCUT2D eigenvalue weighted by atomic mass is 9.98. The number of rotatable bonds is 8. The molecule has 0 radical (unpaired) electrons. The second-order valence-corrected chi connectivity index (χ2v) is 4.02. The van der Waals surface area contributed by atoms with Gasteiger partial charge >= 0.3 is 0 Å². The van der Waals surface area contributed by atoms with Gasteiger partial charge in [-0.1, -0.05) is 6.92 Å². The number of nitrogens with two attached hydrogens (primary N) is 1. The topological polar surface area (TPSA) is 52.3 Å². The fourth-order valence-corrected chi connectivity index (χ4v) is 1.30. The molecule has 0 aromatic heterocycles. The van der Waals surface area contributed by atoms with Gasteiger partial charge in [-0.2, -0.15) is 0 Å². The number of ketones is 1. The summed E-state index contributed by atoms with van der Waals surface area (Å²) < 4.78 is 4.93. The maximum atomic E-state index is 11.5. The zero-order valence-corrected chi connectivity index (χ0v) is 9.58. The van der Waals surface area contributed by atoms with Gasteiger partial charge in [-0.25, -0.2) is 0 Å². The van der Waals surface area contributed by atoms with E-state index in [-0.39, 0.29) is 12.0 Å². The van der Waals surface area contributed by atoms with Crippen molar-refractivity contribution in [3.63, 3.8) is 0 Å². The molecule has 0 saturated heterocycles. The highest BCUT2D eigenvalue weighted by molar-refractivity contribution is 5.80. The first kappa shape index (κ1) is 13.6. The third-order valence-corrected chi connectivity index (χ3v) is 2.39. The Hall–Kier alpha value is -0.410. The Kier molecular flexibility index (Phi) is 7.71. The Bertz CT molecular complexity index is 157. The summed E-state index contributed by atoms with van der Waals surface area (Å²) in [6.07, 6.45) is 3.33. The average Bonchev–Trinajstić information content (AvgIpc) is 2.13. The molecular formula is C11H23NO2. The normalized spacial score (nSPS) is 15.1. The monoisotopic (exact) mass is 201 g/mol. The van der Waals surface area contributed by atoms with Crippen molar-refractivity contribution in [2.75, 3.05) is 13.7 Å². The summed E-state index contributed by atoms with van der Waals surface area (Å²) >= 11 is 0. The lowest BCUT2D eigenvalue weighted by molar-refractivity contribution is -0.123. The minimum absolute atomic E-state index is 0.128. The summed E-state index contributed by atoms with van der Waals surface area (Å²) in [4.78, 5) is 11.5. The molecule has 2 atom stereocenters. The highest BCUT2D eigenvalue weighted by Crippen LogP contribution is 2.09. The fourth-order valence-electron chi connectivity index (χ4n) is 1.30. The molecule has 0 aliphatic heterocycles. The van der Waals surface area contributed by atoms with Crippen LogP contribution in [0.1, 0.15) is 39.5 Å². The van der Waals surface area contributed by atoms with Gasteiger partial charge in [-0.3, -0.25) is 4.79 Å². The first-order valence-corrected chi connectivity index (χ1v) is 5.35. The van der Waals surface area contributed by atoms with Gasteiger partial charge in [0, 0.05) is 32.1 Å². The van der Waals surface area contributed by atoms with Crippen molar-refractivity contribution in [1.29, 1.82) is 0 Å². The van der Waals surface area contributed by atoms with Crippen molar-refractivity contribution < 1.29 is 9.53 Å². The van der Waals surface area contributed by atoms with Gasteiger partial charge in [-0.15, -0.1) is 0 Å². The SMILES string of the molecule is COCCC(C)C(=O)CCCC(C)N. The molecule has 84 valence electrons. The van der Waals surface area contributed by atoms with Crippen LogP contribution >= 0.6 is 0 Å². The molecule has 0 heterocycles. The lowest BCUT2D eigenvalue weighted by Crippen LogP contribution is -2.17. The van der Waals surface area contributed by atoms with Gasteiger partial charge in [0.15, 0.2) is 0 Å². The van der Waals surface area contributed by atoms with Crippen molar-refractivity contribution in [2.45, 2.75) is 45.6 Å². The summed E-state index contributed by atoms with van der Waals surface area (Å²) in [6, 6.07) is 0.206. The molecule has 0 aromatic rings. The van der Waals surface area contributed by atoms with E-state index in [4.69, 9.17) is 10.5 Å². The molecule has 0 spiro atoms. The van der Waals surface area contributed by atoms with Crippen LogP contribution in [-0.4, -0.2) is 25.5 Å². The van der Waals surface area contributed by atoms with Crippen LogP contribution in [0.15, 0.2) is 0 Å². The number of Topliss-reactive ketones (excluding diaryl/α,β-unsaturated/α-hetero) is 1. The maximum Gasteiger partial charge on any atom is 0.135 e. The number of hydrogen-bond donors (Lipinski definition) is 1. The molecule has 0 aliphatic carbocycles. The molecule has 14 heavy (non-hydrogen) atoms. The van der Waals surface area contributed by atoms with Crippen LogP contribution in [0.5, 0.6) is 0 Å². The van der Waals surface area contributed by atoms with Crippen molar-refractivity contribution in [3.05, 3.63) is 0 Å². The van der Waals surface area contributed by atoms with Gasteiger partial charge in [0.2, 0.25) is 0 Å². The van der Waals surface area contributed by atoms with Crippen LogP contribution < -0.4 is 5.73 Å². The molecular weight excluding hydrogens is 178 g/mol. The second kappa shape index (κ2) is 7.94. The number of methoxy groups -OCH3 is 1. The first-order valence-electron chi connectivity index (χ1n) is 5.35. The van der Waals surface area contributed by atoms with Crippen molar-refractivity contribution >= 4 is 5.78 Å². The highest BCUT2D eigenvalue weighted by Gasteiger charge is 2.11. The summed E-state index contributed by atoms with van der Waals surface area (Å²) in [6.45, 7) is 4.60. The third kappa shape index (κ3) is 7.04. The van der Waals surface area contributed by atoms with Crippen LogP contribution in [0.4, 0.5) is 0 Å². The van der Waals surface area contributed by atoms with E-state index in [1.54, 1.807) is 7.11 Å². The molecule has 0 rings (SSSR count). The van der Waals surface area contributed by atoms with Crippen LogP contribution in [0, 0.1) is 5.92 Å². The average molecular weight is 201 g/mol. The van der Waals surface area contributed by atoms with Gasteiger partial charge < -0.3 is 10.5 Å². The van der Waals surface area contributed by atoms with E-state index in [9.17, 15) is 4.79 Å². The molecule has 0 aromatic carbocycles. The van der Waals surface area contributed by atoms with E-state index in [0.717, 1.165) is 19.3 Å². The molecule has 3 heteroatoms. The Labute approximate surface area is 87.0 Å². The zero-order chi connectivity index (χ0) is 11.0. The van der Waals surface area contributed by atoms with Crippen LogP contribution in [0.3, 0.4) is 0 Å². The van der Waals surface area contributed by atoms with Crippen LogP contribution in [-0.2, 0) is 9.53 Å². The third-order valence-electron chi connectivity index (χ3n) is 2.39. The molecule has 2 N–H and O–H groups in total. The predicted octanol–water partition coefficient (Wildman–Crippen LogP) is 1.75. The molecule has 0 aliphatic rings. The van der Waals surface area contributed by atoms with Gasteiger partial charge in [-0.05, 0) is 26.2 Å². The van der Waals surface area contributed by atoms with E-state index in [1.165, 1.54) is 0 Å². The van der Waals surface area contributed by atoms with E-state index >= 15 is 0 Å². The van der Waals surface area contributed by atoms with E-state index in [0.29, 0.717) is 18.8 Å². The Morgan fingerprint density at radius 3 is 2.50 bits per heavy atom. The Morgan fingerprint density at radius 2 is 2.00 bits per heavy atom. The largest absolute Gasteiger partial charge is 0.385 e. The van der Waals surface area contributed by atoms with Crippen molar-refractivity contribution in [2.24, 2.45) is 11.7 Å². The van der Waals surface area contributed by atoms with E-state index < -0.39 is 0 Å². The minimum Gasteiger partial charge on any atom is -0.385 e. The van der Waals surface area contributed by atoms with E-state index in [1.807, 2.05) is 13.8 Å². The molecule has 2 unspecified atom stereocenters. The van der Waals surface area contributed by atoms with Crippen molar-refractivity contribution in [1.82, 2.24) is 0 Å². The minimum atomic E-state index is 0.128. The van der Waals surface area contributed by atoms with Gasteiger partial charge in [0.1, 0.15) is 5.78 Å². The molecule has 3 nitrogen and oxygen atoms in total. The van der Waals surface area contributed by atoms with Gasteiger partial charge in [0.05, 0.1) is 0 Å². The van der Waals surface area contributed by atoms with Crippen LogP contribution in [0.2, 0.25) is 0 Å². The predicted molar refractivity (Wildman–Crippen MR) is 58.2 cm³/mol. The van der Waals surface area contributed by atoms with E-state index in [2.05, 4.69) is 0 Å². The molecule has 0 saturated carbocycles. The lowest BCUT2D eigenvalue weighted by Gasteiger charge is -2.10. The molecule has 0 bridgehead atoms. The number of carbonyl (C=O) groups excluding carboxylic acids is 1. The quantitative estimate of drug-likeness (QED) is 0.651. The Balaban J connectivity index is 3.52. The summed E-state index contributed by atoms with van der Waals surface area (Å²) in [7, 11) is 1.66. The summed E-state index contributed by atoms with van der Waals surface area (Å²) in [5.74, 6) is 0.464. The highest BCUT2D eigenvalue weighted by atomic mass is 16.5. The summed E-state index contributed by atoms with van der Waals surface area (Å²) in [5, 5.41) is 0. The number of carbonyl (C=O) groups is 1. The number of hydrogen-bond acceptors (Lipinski definition) is 3. The first-order chi connectivity index (χ1) is 6.57. The molecule has 0 fully saturated rings. The van der Waals surface area contributed by atoms with Crippen LogP contribution in [0.25, 0.3) is 0 Å². The molecule has 0 amide bonds. The summed E-state index contributed by atoms with van der Waals surface area (Å²) in [5.41, 5.74) is 5.60. The maximum absolute atomic E-state index is 11.5. The van der Waals surface area contributed by atoms with Gasteiger partial charge in [0.25, 0.3) is 0 Å². The van der Waals surface area contributed by atoms with Crippen molar-refractivity contribution in [3.8, 4) is 0 Å². The smallest absolute Gasteiger partial charge is 0.135 e. The zero-order valence-electron chi connectivity index (χ0n) is 9.58. The number of ether oxygens (including phenoxy) is 1. The standard InChI is InChI=1S/C11H23NO2/c1-9(7-8-14-3)11(13)6-4-5-10(2)12/h9-10H,4-8,12H2,1-3H3.